The highest BCUT2D eigenvalue weighted by Crippen LogP contribution is 2.29. The molecular weight excluding hydrogens is 447 g/mol. The molecule has 1 fully saturated rings. The van der Waals surface area contributed by atoms with Crippen LogP contribution < -0.4 is 5.32 Å². The van der Waals surface area contributed by atoms with Crippen LogP contribution in [0.5, 0.6) is 0 Å². The SMILES string of the molecule is CCN1CCN(C2=CCC=C(Nc3ncc(F)c(-c4cc5c(n4C)CCN(C)C5=O)n3)N=C2)CC1. The number of piperazine rings is 1. The number of hydrogen-bond acceptors (Lipinski definition) is 7. The number of anilines is 1. The molecule has 3 aliphatic heterocycles. The molecule has 0 spiro atoms. The molecule has 2 aromatic heterocycles. The lowest BCUT2D eigenvalue weighted by atomic mass is 10.1. The Bertz CT molecular complexity index is 1220. The van der Waals surface area contributed by atoms with Gasteiger partial charge in [0, 0.05) is 58.9 Å². The van der Waals surface area contributed by atoms with Gasteiger partial charge in [0.15, 0.2) is 5.82 Å². The summed E-state index contributed by atoms with van der Waals surface area (Å²) in [5, 5.41) is 3.12. The van der Waals surface area contributed by atoms with E-state index in [2.05, 4.69) is 43.1 Å². The molecular formula is C25H31FN8O. The van der Waals surface area contributed by atoms with Gasteiger partial charge in [-0.3, -0.25) is 4.79 Å². The molecule has 5 rings (SSSR count). The molecule has 35 heavy (non-hydrogen) atoms. The second-order valence-electron chi connectivity index (χ2n) is 9.07. The maximum Gasteiger partial charge on any atom is 0.255 e. The first kappa shape index (κ1) is 23.2. The van der Waals surface area contributed by atoms with Crippen LogP contribution in [0.15, 0.2) is 40.9 Å². The summed E-state index contributed by atoms with van der Waals surface area (Å²) >= 11 is 0. The molecule has 9 nitrogen and oxygen atoms in total. The van der Waals surface area contributed by atoms with Gasteiger partial charge in [-0.05, 0) is 25.1 Å². The molecule has 0 radical (unpaired) electrons. The summed E-state index contributed by atoms with van der Waals surface area (Å²) in [6.45, 7) is 7.98. The lowest BCUT2D eigenvalue weighted by Gasteiger charge is -2.35. The number of rotatable bonds is 5. The summed E-state index contributed by atoms with van der Waals surface area (Å²) in [6, 6.07) is 1.72. The first-order valence-electron chi connectivity index (χ1n) is 12.1. The Hall–Kier alpha value is -3.53. The number of nitrogens with zero attached hydrogens (tertiary/aromatic N) is 7. The van der Waals surface area contributed by atoms with Gasteiger partial charge in [0.05, 0.1) is 29.4 Å². The van der Waals surface area contributed by atoms with Crippen molar-refractivity contribution in [2.24, 2.45) is 12.0 Å². The van der Waals surface area contributed by atoms with Crippen LogP contribution >= 0.6 is 0 Å². The van der Waals surface area contributed by atoms with Crippen molar-refractivity contribution in [1.29, 1.82) is 0 Å². The van der Waals surface area contributed by atoms with Crippen LogP contribution in [-0.4, -0.2) is 87.7 Å². The van der Waals surface area contributed by atoms with Crippen LogP contribution in [0.3, 0.4) is 0 Å². The van der Waals surface area contributed by atoms with Gasteiger partial charge in [0.2, 0.25) is 5.95 Å². The van der Waals surface area contributed by atoms with Crippen molar-refractivity contribution in [2.45, 2.75) is 19.8 Å². The third kappa shape index (κ3) is 4.58. The van der Waals surface area contributed by atoms with Gasteiger partial charge in [-0.15, -0.1) is 0 Å². The monoisotopic (exact) mass is 478 g/mol. The van der Waals surface area contributed by atoms with Crippen LogP contribution in [0, 0.1) is 5.82 Å². The number of aromatic nitrogens is 3. The smallest absolute Gasteiger partial charge is 0.255 e. The minimum Gasteiger partial charge on any atom is -0.368 e. The minimum atomic E-state index is -0.539. The molecule has 10 heteroatoms. The highest BCUT2D eigenvalue weighted by atomic mass is 19.1. The highest BCUT2D eigenvalue weighted by Gasteiger charge is 2.28. The normalized spacial score (nSPS) is 18.8. The van der Waals surface area contributed by atoms with Crippen molar-refractivity contribution in [1.82, 2.24) is 29.2 Å². The second-order valence-corrected chi connectivity index (χ2v) is 9.07. The number of carbonyl (C=O) groups is 1. The van der Waals surface area contributed by atoms with E-state index >= 15 is 0 Å². The molecule has 1 N–H and O–H groups in total. The number of likely N-dealkylation sites (N-methyl/N-ethyl adjacent to an activating group) is 2. The van der Waals surface area contributed by atoms with Crippen molar-refractivity contribution in [3.63, 3.8) is 0 Å². The summed E-state index contributed by atoms with van der Waals surface area (Å²) in [4.78, 5) is 32.2. The maximum absolute atomic E-state index is 14.8. The summed E-state index contributed by atoms with van der Waals surface area (Å²) in [5.74, 6) is 0.275. The largest absolute Gasteiger partial charge is 0.368 e. The number of hydrogen-bond donors (Lipinski definition) is 1. The van der Waals surface area contributed by atoms with Crippen molar-refractivity contribution in [3.05, 3.63) is 53.0 Å². The van der Waals surface area contributed by atoms with Gasteiger partial charge in [0.25, 0.3) is 5.91 Å². The number of aliphatic imine (C=N–C) groups is 1. The number of allylic oxidation sites excluding steroid dienone is 3. The first-order valence-corrected chi connectivity index (χ1v) is 12.1. The number of amides is 1. The number of halogens is 1. The van der Waals surface area contributed by atoms with E-state index < -0.39 is 5.82 Å². The van der Waals surface area contributed by atoms with Gasteiger partial charge >= 0.3 is 0 Å². The van der Waals surface area contributed by atoms with E-state index in [1.807, 2.05) is 23.9 Å². The molecule has 0 aliphatic carbocycles. The van der Waals surface area contributed by atoms with Crippen molar-refractivity contribution >= 4 is 18.1 Å². The Kier molecular flexibility index (Phi) is 6.38. The minimum absolute atomic E-state index is 0.0572. The van der Waals surface area contributed by atoms with E-state index in [-0.39, 0.29) is 17.5 Å². The molecule has 1 amide bonds. The third-order valence-electron chi connectivity index (χ3n) is 7.00. The fraction of sp³-hybridized carbons (Fsp3) is 0.440. The average Bonchev–Trinajstić information content (AvgIpc) is 3.04. The van der Waals surface area contributed by atoms with Gasteiger partial charge in [-0.25, -0.2) is 19.4 Å². The standard InChI is InChI=1S/C25H31FN8O/c1-4-33-10-12-34(13-11-33)17-6-5-7-22(27-15-17)29-25-28-16-19(26)23(30-25)21-14-18-20(32(21)3)8-9-31(2)24(18)35/h6-7,14-16H,4-5,8-13H2,1-3H3,(H,28,29,30). The van der Waals surface area contributed by atoms with Crippen LogP contribution in [0.25, 0.3) is 11.4 Å². The molecule has 0 saturated carbocycles. The molecule has 5 heterocycles. The topological polar surface area (TPSA) is 81.9 Å². The van der Waals surface area contributed by atoms with E-state index in [9.17, 15) is 9.18 Å². The lowest BCUT2D eigenvalue weighted by molar-refractivity contribution is 0.0779. The lowest BCUT2D eigenvalue weighted by Crippen LogP contribution is -2.45. The zero-order chi connectivity index (χ0) is 24.5. The fourth-order valence-corrected chi connectivity index (χ4v) is 4.81. The van der Waals surface area contributed by atoms with Crippen LogP contribution in [0.2, 0.25) is 0 Å². The van der Waals surface area contributed by atoms with Gasteiger partial charge in [-0.2, -0.15) is 0 Å². The zero-order valence-corrected chi connectivity index (χ0v) is 20.5. The first-order chi connectivity index (χ1) is 16.9. The summed E-state index contributed by atoms with van der Waals surface area (Å²) in [6.07, 6.45) is 8.59. The molecule has 3 aliphatic rings. The predicted molar refractivity (Wildman–Crippen MR) is 134 cm³/mol. The molecule has 2 aromatic rings. The van der Waals surface area contributed by atoms with Crippen molar-refractivity contribution in [3.8, 4) is 11.4 Å². The molecule has 0 unspecified atom stereocenters. The van der Waals surface area contributed by atoms with Crippen LogP contribution in [0.1, 0.15) is 29.4 Å². The summed E-state index contributed by atoms with van der Waals surface area (Å²) < 4.78 is 16.7. The van der Waals surface area contributed by atoms with E-state index in [1.54, 1.807) is 18.0 Å². The molecule has 184 valence electrons. The molecule has 0 atom stereocenters. The van der Waals surface area contributed by atoms with Crippen LogP contribution in [0.4, 0.5) is 10.3 Å². The Labute approximate surface area is 204 Å². The zero-order valence-electron chi connectivity index (χ0n) is 20.5. The Morgan fingerprint density at radius 2 is 1.91 bits per heavy atom. The fourth-order valence-electron chi connectivity index (χ4n) is 4.81. The van der Waals surface area contributed by atoms with Gasteiger partial charge in [0.1, 0.15) is 11.5 Å². The molecule has 1 saturated heterocycles. The van der Waals surface area contributed by atoms with E-state index in [0.29, 0.717) is 23.6 Å². The summed E-state index contributed by atoms with van der Waals surface area (Å²) in [5.41, 5.74) is 3.30. The van der Waals surface area contributed by atoms with E-state index in [0.717, 1.165) is 63.2 Å². The van der Waals surface area contributed by atoms with Gasteiger partial charge in [-0.1, -0.05) is 13.0 Å². The predicted octanol–water partition coefficient (Wildman–Crippen LogP) is 2.50. The third-order valence-corrected chi connectivity index (χ3v) is 7.00. The second kappa shape index (κ2) is 9.61. The molecule has 0 bridgehead atoms. The quantitative estimate of drug-likeness (QED) is 0.711. The molecule has 0 aromatic carbocycles. The van der Waals surface area contributed by atoms with Crippen molar-refractivity contribution < 1.29 is 9.18 Å². The number of carbonyl (C=O) groups excluding carboxylic acids is 1. The Morgan fingerprint density at radius 1 is 1.11 bits per heavy atom. The Balaban J connectivity index is 1.33. The van der Waals surface area contributed by atoms with E-state index in [1.165, 1.54) is 0 Å². The van der Waals surface area contributed by atoms with Gasteiger partial charge < -0.3 is 24.6 Å². The van der Waals surface area contributed by atoms with Crippen molar-refractivity contribution in [2.75, 3.05) is 51.6 Å². The Morgan fingerprint density at radius 3 is 2.69 bits per heavy atom. The number of nitrogens with one attached hydrogen (secondary N) is 1. The highest BCUT2D eigenvalue weighted by molar-refractivity contribution is 5.97. The summed E-state index contributed by atoms with van der Waals surface area (Å²) in [7, 11) is 3.62. The van der Waals surface area contributed by atoms with Crippen LogP contribution in [-0.2, 0) is 13.5 Å². The average molecular weight is 479 g/mol. The maximum atomic E-state index is 14.8. The van der Waals surface area contributed by atoms with E-state index in [4.69, 9.17) is 0 Å². The number of fused-ring (bicyclic) bond motifs is 1.